The average molecular weight is 618 g/mol. The monoisotopic (exact) mass is 617 g/mol. The summed E-state index contributed by atoms with van der Waals surface area (Å²) >= 11 is 1.41. The third kappa shape index (κ3) is 5.91. The Morgan fingerprint density at radius 1 is 0.933 bits per heavy atom. The second-order valence-electron chi connectivity index (χ2n) is 11.3. The van der Waals surface area contributed by atoms with Crippen LogP contribution in [0.4, 0.5) is 0 Å². The Morgan fingerprint density at radius 2 is 1.67 bits per heavy atom. The first-order valence-corrected chi connectivity index (χ1v) is 15.9. The molecule has 0 aliphatic heterocycles. The van der Waals surface area contributed by atoms with Gasteiger partial charge in [0.15, 0.2) is 0 Å². The van der Waals surface area contributed by atoms with E-state index in [1.165, 1.54) is 11.3 Å². The van der Waals surface area contributed by atoms with Gasteiger partial charge in [-0.1, -0.05) is 109 Å². The summed E-state index contributed by atoms with van der Waals surface area (Å²) in [5.41, 5.74) is 4.84. The minimum Gasteiger partial charge on any atom is -0.461 e. The summed E-state index contributed by atoms with van der Waals surface area (Å²) in [7, 11) is 0. The molecule has 11 heteroatoms. The van der Waals surface area contributed by atoms with Gasteiger partial charge in [0.05, 0.1) is 18.4 Å². The lowest BCUT2D eigenvalue weighted by atomic mass is 9.82. The molecule has 2 unspecified atom stereocenters. The zero-order valence-electron chi connectivity index (χ0n) is 24.6. The molecule has 0 saturated heterocycles. The Labute approximate surface area is 263 Å². The fraction of sp³-hybridized carbons (Fsp3) is 0.265. The topological polar surface area (TPSA) is 128 Å². The lowest BCUT2D eigenvalue weighted by Gasteiger charge is -2.23. The number of esters is 1. The molecular weight excluding hydrogens is 586 g/mol. The molecule has 4 atom stereocenters. The van der Waals surface area contributed by atoms with E-state index in [9.17, 15) is 9.59 Å². The number of fused-ring (bicyclic) bond motifs is 2. The molecule has 2 aliphatic rings. The number of ether oxygens (including phenoxy) is 1. The highest BCUT2D eigenvalue weighted by Crippen LogP contribution is 2.49. The highest BCUT2D eigenvalue weighted by atomic mass is 32.1. The maximum Gasteiger partial charge on any atom is 0.310 e. The molecule has 2 heterocycles. The van der Waals surface area contributed by atoms with Crippen molar-refractivity contribution in [3.05, 3.63) is 112 Å². The van der Waals surface area contributed by atoms with Gasteiger partial charge in [0.1, 0.15) is 11.6 Å². The predicted octanol–water partition coefficient (Wildman–Crippen LogP) is 5.01. The summed E-state index contributed by atoms with van der Waals surface area (Å²) in [6.07, 6.45) is 5.60. The molecule has 0 spiro atoms. The van der Waals surface area contributed by atoms with Crippen LogP contribution in [-0.4, -0.2) is 42.3 Å². The molecule has 45 heavy (non-hydrogen) atoms. The Hall–Kier alpha value is -5.03. The summed E-state index contributed by atoms with van der Waals surface area (Å²) in [5, 5.41) is 20.1. The highest BCUT2D eigenvalue weighted by Gasteiger charge is 2.52. The van der Waals surface area contributed by atoms with Gasteiger partial charge in [-0.15, -0.1) is 10.2 Å². The van der Waals surface area contributed by atoms with Crippen LogP contribution in [0.3, 0.4) is 0 Å². The predicted molar refractivity (Wildman–Crippen MR) is 168 cm³/mol. The highest BCUT2D eigenvalue weighted by molar-refractivity contribution is 7.08. The first kappa shape index (κ1) is 28.7. The smallest absolute Gasteiger partial charge is 0.310 e. The number of benzene rings is 3. The molecule has 1 saturated carbocycles. The van der Waals surface area contributed by atoms with Crippen molar-refractivity contribution in [3.8, 4) is 22.5 Å². The molecule has 1 amide bonds. The van der Waals surface area contributed by atoms with Gasteiger partial charge in [-0.25, -0.2) is 4.68 Å². The molecular formula is C34H31N7O3S. The van der Waals surface area contributed by atoms with Gasteiger partial charge in [0, 0.05) is 5.56 Å². The molecule has 1 N–H and O–H groups in total. The van der Waals surface area contributed by atoms with Gasteiger partial charge < -0.3 is 4.74 Å². The van der Waals surface area contributed by atoms with Crippen LogP contribution >= 0.6 is 11.3 Å². The van der Waals surface area contributed by atoms with Crippen molar-refractivity contribution in [3.63, 3.8) is 0 Å². The van der Waals surface area contributed by atoms with E-state index < -0.39 is 11.8 Å². The number of rotatable bonds is 9. The number of nitrogens with one attached hydrogen (secondary N) is 1. The molecule has 2 bridgehead atoms. The summed E-state index contributed by atoms with van der Waals surface area (Å²) in [5.74, 6) is -1.19. The van der Waals surface area contributed by atoms with Gasteiger partial charge in [0.25, 0.3) is 5.91 Å². The fourth-order valence-corrected chi connectivity index (χ4v) is 7.17. The number of aryl methyl sites for hydroxylation is 1. The molecule has 226 valence electrons. The number of H-pyrrole nitrogens is 1. The number of carbonyl (C=O) groups excluding carboxylic acids is 2. The van der Waals surface area contributed by atoms with Crippen LogP contribution in [0.2, 0.25) is 0 Å². The lowest BCUT2D eigenvalue weighted by molar-refractivity contribution is -0.154. The molecule has 2 aliphatic carbocycles. The molecule has 1 fully saturated rings. The second kappa shape index (κ2) is 12.5. The van der Waals surface area contributed by atoms with Gasteiger partial charge in [-0.2, -0.15) is 15.3 Å². The zero-order chi connectivity index (χ0) is 30.8. The van der Waals surface area contributed by atoms with E-state index >= 15 is 0 Å². The number of aromatic nitrogens is 6. The summed E-state index contributed by atoms with van der Waals surface area (Å²) in [6, 6.07) is 25.7. The van der Waals surface area contributed by atoms with E-state index in [-0.39, 0.29) is 30.3 Å². The number of hydrogen-bond donors (Lipinski definition) is 1. The third-order valence-corrected chi connectivity index (χ3v) is 9.61. The number of nitrogens with zero attached hydrogens (tertiary/aromatic N) is 6. The van der Waals surface area contributed by atoms with E-state index in [4.69, 9.17) is 9.84 Å². The van der Waals surface area contributed by atoms with Crippen molar-refractivity contribution in [2.75, 3.05) is 0 Å². The van der Waals surface area contributed by atoms with Crippen molar-refractivity contribution in [1.29, 1.82) is 0 Å². The van der Waals surface area contributed by atoms with Crippen LogP contribution in [0, 0.1) is 23.7 Å². The minimum atomic E-state index is -0.539. The largest absolute Gasteiger partial charge is 0.461 e. The van der Waals surface area contributed by atoms with Crippen molar-refractivity contribution in [2.45, 2.75) is 32.9 Å². The number of aromatic amines is 1. The SMILES string of the molecule is CCc1nn(Cc2ccc(-c3ccccc3-c3nn[nH]n3)cc2)c(=NC(=O)[C@H]2C3C=CC(C3)[C@H]2C(=O)OCc2ccccc2)s1. The lowest BCUT2D eigenvalue weighted by Crippen LogP contribution is -2.34. The van der Waals surface area contributed by atoms with E-state index in [2.05, 4.69) is 49.9 Å². The zero-order valence-corrected chi connectivity index (χ0v) is 25.4. The molecule has 2 aromatic heterocycles. The minimum absolute atomic E-state index is 0.00840. The molecule has 7 rings (SSSR count). The standard InChI is InChI=1S/C34H31N7O3S/c1-2-28-38-41(19-21-12-14-23(15-13-21)26-10-6-7-11-27(26)31-36-39-40-37-31)34(45-28)35-32(42)29-24-16-17-25(18-24)30(29)33(43)44-20-22-8-4-3-5-9-22/h3-17,24-25,29-30H,2,18-20H2,1H3,(H,36,37,39,40)/t24?,25?,29-,30+/m0/s1. The summed E-state index contributed by atoms with van der Waals surface area (Å²) in [4.78, 5) is 32.2. The summed E-state index contributed by atoms with van der Waals surface area (Å²) in [6.45, 7) is 2.67. The van der Waals surface area contributed by atoms with Gasteiger partial charge in [-0.05, 0) is 52.1 Å². The maximum atomic E-state index is 13.8. The number of hydrogen-bond acceptors (Lipinski definition) is 8. The second-order valence-corrected chi connectivity index (χ2v) is 12.4. The van der Waals surface area contributed by atoms with Gasteiger partial charge >= 0.3 is 5.97 Å². The van der Waals surface area contributed by atoms with Gasteiger partial charge in [-0.3, -0.25) is 9.59 Å². The van der Waals surface area contributed by atoms with Crippen LogP contribution in [0.5, 0.6) is 0 Å². The number of amides is 1. The molecule has 3 aromatic carbocycles. The quantitative estimate of drug-likeness (QED) is 0.182. The van der Waals surface area contributed by atoms with Gasteiger partial charge in [0.2, 0.25) is 10.6 Å². The third-order valence-electron chi connectivity index (χ3n) is 8.52. The van der Waals surface area contributed by atoms with Crippen molar-refractivity contribution in [2.24, 2.45) is 28.7 Å². The van der Waals surface area contributed by atoms with E-state index in [1.54, 1.807) is 4.68 Å². The Bertz CT molecular complexity index is 1910. The van der Waals surface area contributed by atoms with Crippen molar-refractivity contribution in [1.82, 2.24) is 30.4 Å². The van der Waals surface area contributed by atoms with E-state index in [0.29, 0.717) is 17.2 Å². The van der Waals surface area contributed by atoms with Crippen molar-refractivity contribution < 1.29 is 14.3 Å². The Balaban J connectivity index is 1.11. The average Bonchev–Trinajstić information content (AvgIpc) is 3.90. The first-order chi connectivity index (χ1) is 22.1. The van der Waals surface area contributed by atoms with Crippen LogP contribution in [0.25, 0.3) is 22.5 Å². The summed E-state index contributed by atoms with van der Waals surface area (Å²) < 4.78 is 7.48. The van der Waals surface area contributed by atoms with Crippen molar-refractivity contribution >= 4 is 23.2 Å². The van der Waals surface area contributed by atoms with Crippen LogP contribution in [0.1, 0.15) is 29.5 Å². The van der Waals surface area contributed by atoms with Crippen LogP contribution in [0.15, 0.2) is 96.0 Å². The number of tetrazole rings is 1. The normalized spacial score (nSPS) is 20.5. The number of carbonyl (C=O) groups is 2. The maximum absolute atomic E-state index is 13.8. The number of allylic oxidation sites excluding steroid dienone is 2. The fourth-order valence-electron chi connectivity index (χ4n) is 6.32. The van der Waals surface area contributed by atoms with E-state index in [0.717, 1.165) is 45.7 Å². The Morgan fingerprint density at radius 3 is 2.40 bits per heavy atom. The molecule has 0 radical (unpaired) electrons. The van der Waals surface area contributed by atoms with Crippen LogP contribution < -0.4 is 4.80 Å². The van der Waals surface area contributed by atoms with E-state index in [1.807, 2.05) is 73.7 Å². The van der Waals surface area contributed by atoms with Crippen LogP contribution in [-0.2, 0) is 33.9 Å². The first-order valence-electron chi connectivity index (χ1n) is 15.0. The molecule has 10 nitrogen and oxygen atoms in total. The molecule has 5 aromatic rings. The Kier molecular flexibility index (Phi) is 8.00.